The minimum Gasteiger partial charge on any atom is -0.469 e. The first-order valence-corrected chi connectivity index (χ1v) is 9.27. The quantitative estimate of drug-likeness (QED) is 0.596. The van der Waals surface area contributed by atoms with Crippen LogP contribution in [0.2, 0.25) is 0 Å². The van der Waals surface area contributed by atoms with E-state index >= 15 is 0 Å². The number of hydrogen-bond donors (Lipinski definition) is 2. The smallest absolute Gasteiger partial charge is 0.315 e. The van der Waals surface area contributed by atoms with Crippen molar-refractivity contribution in [1.82, 2.24) is 0 Å². The van der Waals surface area contributed by atoms with E-state index in [0.29, 0.717) is 11.4 Å². The molecule has 0 spiro atoms. The molecular weight excluding hydrogens is 356 g/mol. The number of esters is 1. The molecule has 0 saturated carbocycles. The van der Waals surface area contributed by atoms with Crippen molar-refractivity contribution in [1.29, 1.82) is 0 Å². The maximum Gasteiger partial charge on any atom is 0.315 e. The second-order valence-corrected chi connectivity index (χ2v) is 7.38. The molecule has 0 radical (unpaired) electrons. The normalized spacial score (nSPS) is 10.9. The van der Waals surface area contributed by atoms with Crippen molar-refractivity contribution < 1.29 is 22.7 Å². The number of methoxy groups -OCH3 is 1. The Morgan fingerprint density at radius 2 is 1.58 bits per heavy atom. The third kappa shape index (κ3) is 4.82. The molecule has 0 aliphatic rings. The maximum atomic E-state index is 12.6. The van der Waals surface area contributed by atoms with Gasteiger partial charge in [0.25, 0.3) is 10.0 Å². The third-order valence-electron chi connectivity index (χ3n) is 3.70. The highest BCUT2D eigenvalue weighted by Gasteiger charge is 2.17. The van der Waals surface area contributed by atoms with E-state index in [4.69, 9.17) is 0 Å². The lowest BCUT2D eigenvalue weighted by molar-refractivity contribution is -0.142. The fourth-order valence-corrected chi connectivity index (χ4v) is 3.50. The molecule has 2 rings (SSSR count). The fourth-order valence-electron chi connectivity index (χ4n) is 2.29. The SMILES string of the molecule is COC(=O)CC(=O)Nc1ccc(S(=O)(=O)Nc2c(C)cccc2C)cc1. The summed E-state index contributed by atoms with van der Waals surface area (Å²) in [5.41, 5.74) is 2.56. The zero-order valence-electron chi connectivity index (χ0n) is 14.7. The van der Waals surface area contributed by atoms with E-state index in [2.05, 4.69) is 14.8 Å². The predicted octanol–water partition coefficient (Wildman–Crippen LogP) is 2.61. The summed E-state index contributed by atoms with van der Waals surface area (Å²) < 4.78 is 32.1. The Kier molecular flexibility index (Phi) is 5.99. The number of hydrogen-bond acceptors (Lipinski definition) is 5. The van der Waals surface area contributed by atoms with Crippen LogP contribution in [0.3, 0.4) is 0 Å². The van der Waals surface area contributed by atoms with Gasteiger partial charge in [-0.1, -0.05) is 18.2 Å². The molecular formula is C18H20N2O5S. The topological polar surface area (TPSA) is 102 Å². The first-order chi connectivity index (χ1) is 12.2. The van der Waals surface area contributed by atoms with Gasteiger partial charge in [0.05, 0.1) is 17.7 Å². The molecule has 138 valence electrons. The lowest BCUT2D eigenvalue weighted by Gasteiger charge is -2.13. The molecule has 0 heterocycles. The van der Waals surface area contributed by atoms with Gasteiger partial charge >= 0.3 is 5.97 Å². The van der Waals surface area contributed by atoms with Crippen LogP contribution in [-0.2, 0) is 24.3 Å². The number of anilines is 2. The Bertz CT molecular complexity index is 901. The van der Waals surface area contributed by atoms with Gasteiger partial charge < -0.3 is 10.1 Å². The predicted molar refractivity (Wildman–Crippen MR) is 98.4 cm³/mol. The van der Waals surface area contributed by atoms with Gasteiger partial charge in [-0.3, -0.25) is 14.3 Å². The number of rotatable bonds is 6. The van der Waals surface area contributed by atoms with Gasteiger partial charge in [0.1, 0.15) is 6.42 Å². The number of ether oxygens (including phenoxy) is 1. The average Bonchev–Trinajstić information content (AvgIpc) is 2.58. The number of benzene rings is 2. The van der Waals surface area contributed by atoms with Crippen LogP contribution in [0.15, 0.2) is 47.4 Å². The monoisotopic (exact) mass is 376 g/mol. The van der Waals surface area contributed by atoms with E-state index < -0.39 is 28.3 Å². The lowest BCUT2D eigenvalue weighted by atomic mass is 10.1. The van der Waals surface area contributed by atoms with Crippen LogP contribution in [0.1, 0.15) is 17.5 Å². The van der Waals surface area contributed by atoms with Crippen molar-refractivity contribution in [3.8, 4) is 0 Å². The van der Waals surface area contributed by atoms with Gasteiger partial charge in [-0.15, -0.1) is 0 Å². The van der Waals surface area contributed by atoms with E-state index in [9.17, 15) is 18.0 Å². The van der Waals surface area contributed by atoms with Crippen LogP contribution in [0.4, 0.5) is 11.4 Å². The number of sulfonamides is 1. The average molecular weight is 376 g/mol. The number of nitrogens with one attached hydrogen (secondary N) is 2. The zero-order chi connectivity index (χ0) is 19.3. The molecule has 2 N–H and O–H groups in total. The molecule has 0 aliphatic heterocycles. The molecule has 0 bridgehead atoms. The maximum absolute atomic E-state index is 12.6. The summed E-state index contributed by atoms with van der Waals surface area (Å²) in [5, 5.41) is 2.50. The van der Waals surface area contributed by atoms with Gasteiger partial charge in [0.15, 0.2) is 0 Å². The van der Waals surface area contributed by atoms with Crippen LogP contribution in [0.5, 0.6) is 0 Å². The lowest BCUT2D eigenvalue weighted by Crippen LogP contribution is -2.17. The van der Waals surface area contributed by atoms with E-state index in [-0.39, 0.29) is 4.90 Å². The Balaban J connectivity index is 2.14. The van der Waals surface area contributed by atoms with E-state index in [1.165, 1.54) is 31.4 Å². The van der Waals surface area contributed by atoms with Crippen molar-refractivity contribution in [3.05, 3.63) is 53.6 Å². The highest BCUT2D eigenvalue weighted by Crippen LogP contribution is 2.24. The molecule has 0 unspecified atom stereocenters. The van der Waals surface area contributed by atoms with Crippen LogP contribution in [0.25, 0.3) is 0 Å². The van der Waals surface area contributed by atoms with Gasteiger partial charge in [0, 0.05) is 5.69 Å². The first kappa shape index (κ1) is 19.5. The summed E-state index contributed by atoms with van der Waals surface area (Å²) in [6, 6.07) is 11.2. The van der Waals surface area contributed by atoms with Crippen LogP contribution in [-0.4, -0.2) is 27.4 Å². The number of para-hydroxylation sites is 1. The molecule has 2 aromatic carbocycles. The van der Waals surface area contributed by atoms with E-state index in [1.54, 1.807) is 0 Å². The van der Waals surface area contributed by atoms with Gasteiger partial charge in [0.2, 0.25) is 5.91 Å². The minimum atomic E-state index is -3.76. The Morgan fingerprint density at radius 1 is 1.00 bits per heavy atom. The van der Waals surface area contributed by atoms with Crippen molar-refractivity contribution in [2.45, 2.75) is 25.2 Å². The number of carbonyl (C=O) groups is 2. The van der Waals surface area contributed by atoms with E-state index in [1.807, 2.05) is 32.0 Å². The molecule has 7 nitrogen and oxygen atoms in total. The Hall–Kier alpha value is -2.87. The highest BCUT2D eigenvalue weighted by molar-refractivity contribution is 7.92. The van der Waals surface area contributed by atoms with Crippen LogP contribution >= 0.6 is 0 Å². The van der Waals surface area contributed by atoms with Gasteiger partial charge in [-0.25, -0.2) is 8.42 Å². The third-order valence-corrected chi connectivity index (χ3v) is 5.06. The second-order valence-electron chi connectivity index (χ2n) is 5.70. The second kappa shape index (κ2) is 8.01. The molecule has 2 aromatic rings. The minimum absolute atomic E-state index is 0.0612. The van der Waals surface area contributed by atoms with Crippen molar-refractivity contribution >= 4 is 33.3 Å². The van der Waals surface area contributed by atoms with E-state index in [0.717, 1.165) is 11.1 Å². The zero-order valence-corrected chi connectivity index (χ0v) is 15.5. The molecule has 26 heavy (non-hydrogen) atoms. The Labute approximate surface area is 152 Å². The van der Waals surface area contributed by atoms with Crippen LogP contribution in [0, 0.1) is 13.8 Å². The summed E-state index contributed by atoms with van der Waals surface area (Å²) in [7, 11) is -2.57. The molecule has 0 aromatic heterocycles. The number of amides is 1. The summed E-state index contributed by atoms with van der Waals surface area (Å²) in [6.45, 7) is 3.65. The summed E-state index contributed by atoms with van der Waals surface area (Å²) in [4.78, 5) is 22.8. The van der Waals surface area contributed by atoms with Gasteiger partial charge in [-0.05, 0) is 49.2 Å². The highest BCUT2D eigenvalue weighted by atomic mass is 32.2. The largest absolute Gasteiger partial charge is 0.469 e. The number of aryl methyl sites for hydroxylation is 2. The standard InChI is InChI=1S/C18H20N2O5S/c1-12-5-4-6-13(2)18(12)20-26(23,24)15-9-7-14(8-10-15)19-16(21)11-17(22)25-3/h4-10,20H,11H2,1-3H3,(H,19,21). The molecule has 0 atom stereocenters. The van der Waals surface area contributed by atoms with Crippen molar-refractivity contribution in [3.63, 3.8) is 0 Å². The van der Waals surface area contributed by atoms with Crippen LogP contribution < -0.4 is 10.0 Å². The van der Waals surface area contributed by atoms with Crippen molar-refractivity contribution in [2.24, 2.45) is 0 Å². The summed E-state index contributed by atoms with van der Waals surface area (Å²) in [6.07, 6.45) is -0.412. The molecule has 0 aliphatic carbocycles. The van der Waals surface area contributed by atoms with Crippen molar-refractivity contribution in [2.75, 3.05) is 17.1 Å². The summed E-state index contributed by atoms with van der Waals surface area (Å²) in [5.74, 6) is -1.19. The van der Waals surface area contributed by atoms with Gasteiger partial charge in [-0.2, -0.15) is 0 Å². The number of carbonyl (C=O) groups excluding carboxylic acids is 2. The first-order valence-electron chi connectivity index (χ1n) is 7.78. The Morgan fingerprint density at radius 3 is 2.12 bits per heavy atom. The molecule has 0 fully saturated rings. The fraction of sp³-hybridized carbons (Fsp3) is 0.222. The molecule has 8 heteroatoms. The summed E-state index contributed by atoms with van der Waals surface area (Å²) >= 11 is 0. The molecule has 0 saturated heterocycles. The molecule has 1 amide bonds.